The summed E-state index contributed by atoms with van der Waals surface area (Å²) in [4.78, 5) is 2.24. The summed E-state index contributed by atoms with van der Waals surface area (Å²) >= 11 is 1.71. The van der Waals surface area contributed by atoms with Crippen LogP contribution in [-0.2, 0) is 6.54 Å². The van der Waals surface area contributed by atoms with E-state index in [1.54, 1.807) is 11.3 Å². The van der Waals surface area contributed by atoms with Crippen molar-refractivity contribution in [2.45, 2.75) is 26.8 Å². The summed E-state index contributed by atoms with van der Waals surface area (Å²) in [6, 6.07) is 2.13. The number of nitrogens with two attached hydrogens (primary N) is 1. The van der Waals surface area contributed by atoms with Crippen molar-refractivity contribution >= 4 is 17.2 Å². The smallest absolute Gasteiger partial charge is 0.144 e. The van der Waals surface area contributed by atoms with Gasteiger partial charge in [0.25, 0.3) is 0 Å². The molecule has 0 fully saturated rings. The molecular weight excluding hydrogens is 234 g/mol. The minimum Gasteiger partial charge on any atom is -0.409 e. The first kappa shape index (κ1) is 14.0. The lowest BCUT2D eigenvalue weighted by Crippen LogP contribution is -2.35. The van der Waals surface area contributed by atoms with Gasteiger partial charge in [0.2, 0.25) is 0 Å². The van der Waals surface area contributed by atoms with Gasteiger partial charge in [-0.05, 0) is 42.4 Å². The summed E-state index contributed by atoms with van der Waals surface area (Å²) in [5.41, 5.74) is 6.72. The van der Waals surface area contributed by atoms with Crippen LogP contribution in [0.4, 0.5) is 0 Å². The number of nitrogens with zero attached hydrogens (tertiary/aromatic N) is 2. The molecule has 5 heteroatoms. The molecule has 3 N–H and O–H groups in total. The summed E-state index contributed by atoms with van der Waals surface area (Å²) in [7, 11) is 2.08. The van der Waals surface area contributed by atoms with Gasteiger partial charge in [-0.1, -0.05) is 19.0 Å². The highest BCUT2D eigenvalue weighted by Crippen LogP contribution is 2.21. The average molecular weight is 255 g/mol. The monoisotopic (exact) mass is 255 g/mol. The van der Waals surface area contributed by atoms with Gasteiger partial charge in [-0.3, -0.25) is 0 Å². The number of oxime groups is 1. The van der Waals surface area contributed by atoms with Crippen molar-refractivity contribution in [3.8, 4) is 0 Å². The van der Waals surface area contributed by atoms with Gasteiger partial charge in [0.05, 0.1) is 0 Å². The van der Waals surface area contributed by atoms with Crippen molar-refractivity contribution in [1.29, 1.82) is 0 Å². The minimum absolute atomic E-state index is 0.266. The van der Waals surface area contributed by atoms with Gasteiger partial charge in [-0.25, -0.2) is 0 Å². The number of amidine groups is 1. The summed E-state index contributed by atoms with van der Waals surface area (Å²) in [5.74, 6) is 0.293. The van der Waals surface area contributed by atoms with Crippen molar-refractivity contribution in [3.05, 3.63) is 22.4 Å². The van der Waals surface area contributed by atoms with Crippen molar-refractivity contribution in [1.82, 2.24) is 4.90 Å². The molecule has 0 aliphatic heterocycles. The third-order valence-electron chi connectivity index (χ3n) is 2.95. The van der Waals surface area contributed by atoms with Gasteiger partial charge in [-0.15, -0.1) is 0 Å². The molecule has 0 amide bonds. The summed E-state index contributed by atoms with van der Waals surface area (Å²) in [6.07, 6.45) is 0.865. The largest absolute Gasteiger partial charge is 0.409 e. The summed E-state index contributed by atoms with van der Waals surface area (Å²) in [5, 5.41) is 16.0. The summed E-state index contributed by atoms with van der Waals surface area (Å²) < 4.78 is 0. The van der Waals surface area contributed by atoms with E-state index in [-0.39, 0.29) is 5.41 Å². The first-order valence-electron chi connectivity index (χ1n) is 5.63. The molecule has 0 aliphatic rings. The fourth-order valence-corrected chi connectivity index (χ4v) is 2.17. The zero-order valence-corrected chi connectivity index (χ0v) is 11.5. The Kier molecular flexibility index (Phi) is 4.96. The second kappa shape index (κ2) is 6.02. The van der Waals surface area contributed by atoms with Crippen molar-refractivity contribution in [2.24, 2.45) is 16.3 Å². The van der Waals surface area contributed by atoms with Gasteiger partial charge in [0.1, 0.15) is 5.84 Å². The van der Waals surface area contributed by atoms with Crippen LogP contribution in [0.25, 0.3) is 0 Å². The highest BCUT2D eigenvalue weighted by Gasteiger charge is 2.23. The van der Waals surface area contributed by atoms with Gasteiger partial charge in [0, 0.05) is 12.0 Å². The van der Waals surface area contributed by atoms with E-state index >= 15 is 0 Å². The van der Waals surface area contributed by atoms with Gasteiger partial charge >= 0.3 is 0 Å². The van der Waals surface area contributed by atoms with Crippen molar-refractivity contribution in [2.75, 3.05) is 13.6 Å². The molecule has 96 valence electrons. The second-order valence-electron chi connectivity index (χ2n) is 4.99. The fourth-order valence-electron chi connectivity index (χ4n) is 1.51. The zero-order chi connectivity index (χ0) is 12.9. The molecule has 1 aromatic heterocycles. The van der Waals surface area contributed by atoms with Crippen LogP contribution in [0.5, 0.6) is 0 Å². The Bertz CT molecular complexity index is 360. The molecule has 4 nitrogen and oxygen atoms in total. The van der Waals surface area contributed by atoms with Crippen LogP contribution in [0.1, 0.15) is 25.8 Å². The van der Waals surface area contributed by atoms with Gasteiger partial charge < -0.3 is 15.8 Å². The molecule has 0 aliphatic carbocycles. The molecule has 17 heavy (non-hydrogen) atoms. The van der Waals surface area contributed by atoms with E-state index in [0.29, 0.717) is 5.84 Å². The Balaban J connectivity index is 2.40. The van der Waals surface area contributed by atoms with Gasteiger partial charge in [0.15, 0.2) is 0 Å². The molecule has 1 heterocycles. The normalized spacial score (nSPS) is 13.3. The minimum atomic E-state index is -0.266. The zero-order valence-electron chi connectivity index (χ0n) is 10.7. The lowest BCUT2D eigenvalue weighted by molar-refractivity contribution is 0.272. The Hall–Kier alpha value is -1.07. The fraction of sp³-hybridized carbons (Fsp3) is 0.583. The van der Waals surface area contributed by atoms with Crippen LogP contribution < -0.4 is 5.73 Å². The highest BCUT2D eigenvalue weighted by molar-refractivity contribution is 7.07. The van der Waals surface area contributed by atoms with Crippen molar-refractivity contribution in [3.63, 3.8) is 0 Å². The third kappa shape index (κ3) is 4.36. The second-order valence-corrected chi connectivity index (χ2v) is 5.77. The molecule has 0 bridgehead atoms. The number of hydrogen-bond donors (Lipinski definition) is 2. The lowest BCUT2D eigenvalue weighted by atomic mass is 9.88. The van der Waals surface area contributed by atoms with Crippen LogP contribution >= 0.6 is 11.3 Å². The van der Waals surface area contributed by atoms with Crippen LogP contribution in [0.2, 0.25) is 0 Å². The molecule has 0 saturated carbocycles. The van der Waals surface area contributed by atoms with Crippen LogP contribution in [-0.4, -0.2) is 29.5 Å². The molecule has 0 unspecified atom stereocenters. The quantitative estimate of drug-likeness (QED) is 0.355. The van der Waals surface area contributed by atoms with Gasteiger partial charge in [-0.2, -0.15) is 11.3 Å². The first-order chi connectivity index (χ1) is 7.95. The van der Waals surface area contributed by atoms with Crippen LogP contribution in [0, 0.1) is 5.41 Å². The first-order valence-corrected chi connectivity index (χ1v) is 6.57. The standard InChI is InChI=1S/C12H21N3OS/c1-12(2,11(13)14-16)5-6-15(3)8-10-4-7-17-9-10/h4,7,9,16H,5-6,8H2,1-3H3,(H2,13,14). The molecule has 0 atom stereocenters. The number of rotatable bonds is 6. The van der Waals surface area contributed by atoms with E-state index in [9.17, 15) is 0 Å². The van der Waals surface area contributed by atoms with Crippen molar-refractivity contribution < 1.29 is 5.21 Å². The number of hydrogen-bond acceptors (Lipinski definition) is 4. The van der Waals surface area contributed by atoms with E-state index < -0.39 is 0 Å². The maximum atomic E-state index is 8.69. The topological polar surface area (TPSA) is 61.8 Å². The average Bonchev–Trinajstić information content (AvgIpc) is 2.78. The maximum Gasteiger partial charge on any atom is 0.144 e. The SMILES string of the molecule is CN(CCC(C)(C)C(N)=NO)Cc1ccsc1. The lowest BCUT2D eigenvalue weighted by Gasteiger charge is -2.26. The van der Waals surface area contributed by atoms with Crippen LogP contribution in [0.3, 0.4) is 0 Å². The number of thiophene rings is 1. The Morgan fingerprint density at radius 1 is 1.59 bits per heavy atom. The third-order valence-corrected chi connectivity index (χ3v) is 3.68. The molecule has 0 saturated heterocycles. The predicted molar refractivity (Wildman–Crippen MR) is 72.5 cm³/mol. The maximum absolute atomic E-state index is 8.69. The molecule has 0 spiro atoms. The predicted octanol–water partition coefficient (Wildman–Crippen LogP) is 2.34. The Labute approximate surface area is 107 Å². The van der Waals surface area contributed by atoms with E-state index in [2.05, 4.69) is 33.9 Å². The Morgan fingerprint density at radius 3 is 2.82 bits per heavy atom. The van der Waals surface area contributed by atoms with Crippen LogP contribution in [0.15, 0.2) is 22.0 Å². The van der Waals surface area contributed by atoms with E-state index in [0.717, 1.165) is 19.5 Å². The Morgan fingerprint density at radius 2 is 2.29 bits per heavy atom. The molecule has 1 aromatic rings. The molecular formula is C12H21N3OS. The summed E-state index contributed by atoms with van der Waals surface area (Å²) in [6.45, 7) is 5.83. The van der Waals surface area contributed by atoms with E-state index in [1.807, 2.05) is 13.8 Å². The van der Waals surface area contributed by atoms with E-state index in [4.69, 9.17) is 10.9 Å². The molecule has 0 aromatic carbocycles. The molecule has 0 radical (unpaired) electrons. The molecule has 1 rings (SSSR count). The highest BCUT2D eigenvalue weighted by atomic mass is 32.1. The van der Waals surface area contributed by atoms with E-state index in [1.165, 1.54) is 5.56 Å².